The summed E-state index contributed by atoms with van der Waals surface area (Å²) in [4.78, 5) is 14.2. The highest BCUT2D eigenvalue weighted by Gasteiger charge is 2.08. The van der Waals surface area contributed by atoms with Crippen LogP contribution in [0.15, 0.2) is 23.3 Å². The van der Waals surface area contributed by atoms with E-state index in [9.17, 15) is 4.79 Å². The van der Waals surface area contributed by atoms with E-state index < -0.39 is 5.91 Å². The number of nitrogens with two attached hydrogens (primary N) is 1. The number of hydrogen-bond donors (Lipinski definition) is 2. The Hall–Kier alpha value is -2.64. The smallest absolute Gasteiger partial charge is 0.254 e. The fourth-order valence-electron chi connectivity index (χ4n) is 1.08. The molecule has 0 aromatic heterocycles. The zero-order chi connectivity index (χ0) is 12.0. The average Bonchev–Trinajstić information content (AvgIpc) is 2.29. The summed E-state index contributed by atoms with van der Waals surface area (Å²) >= 11 is 0. The number of azide groups is 1. The molecule has 6 nitrogen and oxygen atoms in total. The Labute approximate surface area is 92.1 Å². The monoisotopic (exact) mass is 215 g/mol. The lowest BCUT2D eigenvalue weighted by Crippen LogP contribution is -2.24. The van der Waals surface area contributed by atoms with Crippen molar-refractivity contribution in [1.82, 2.24) is 5.32 Å². The van der Waals surface area contributed by atoms with Crippen LogP contribution in [0.1, 0.15) is 10.4 Å². The highest BCUT2D eigenvalue weighted by molar-refractivity contribution is 6.00. The lowest BCUT2D eigenvalue weighted by molar-refractivity contribution is 0.0959. The summed E-state index contributed by atoms with van der Waals surface area (Å²) in [6.07, 6.45) is 5.01. The normalized spacial score (nSPS) is 8.69. The number of benzene rings is 1. The molecule has 80 valence electrons. The van der Waals surface area contributed by atoms with Gasteiger partial charge in [0, 0.05) is 16.3 Å². The Bertz CT molecular complexity index is 496. The van der Waals surface area contributed by atoms with E-state index in [-0.39, 0.29) is 12.1 Å². The molecule has 0 unspecified atom stereocenters. The molecule has 0 spiro atoms. The Morgan fingerprint density at radius 1 is 1.69 bits per heavy atom. The number of nitrogen functional groups attached to an aromatic ring is 1. The molecule has 1 aromatic rings. The van der Waals surface area contributed by atoms with Crippen molar-refractivity contribution in [2.45, 2.75) is 0 Å². The summed E-state index contributed by atoms with van der Waals surface area (Å²) in [6, 6.07) is 4.42. The van der Waals surface area contributed by atoms with E-state index in [4.69, 9.17) is 17.7 Å². The Kier molecular flexibility index (Phi) is 3.78. The lowest BCUT2D eigenvalue weighted by Gasteiger charge is -2.05. The molecule has 0 saturated carbocycles. The van der Waals surface area contributed by atoms with Crippen LogP contribution in [0, 0.1) is 12.3 Å². The number of anilines is 1. The maximum atomic E-state index is 11.6. The zero-order valence-electron chi connectivity index (χ0n) is 8.34. The van der Waals surface area contributed by atoms with Gasteiger partial charge in [-0.05, 0) is 17.7 Å². The van der Waals surface area contributed by atoms with Gasteiger partial charge in [0.2, 0.25) is 0 Å². The molecule has 0 fully saturated rings. The molecule has 6 heteroatoms. The predicted octanol–water partition coefficient (Wildman–Crippen LogP) is 1.57. The van der Waals surface area contributed by atoms with E-state index in [0.29, 0.717) is 11.4 Å². The minimum absolute atomic E-state index is 0.115. The first kappa shape index (κ1) is 11.4. The first-order valence-electron chi connectivity index (χ1n) is 4.35. The van der Waals surface area contributed by atoms with Crippen molar-refractivity contribution < 1.29 is 4.79 Å². The second kappa shape index (κ2) is 5.29. The molecule has 1 aromatic carbocycles. The van der Waals surface area contributed by atoms with E-state index in [0.717, 1.165) is 0 Å². The van der Waals surface area contributed by atoms with Crippen molar-refractivity contribution in [3.8, 4) is 12.3 Å². The summed E-state index contributed by atoms with van der Waals surface area (Å²) in [5.74, 6) is 1.88. The van der Waals surface area contributed by atoms with Crippen LogP contribution in [0.2, 0.25) is 0 Å². The number of terminal acetylenes is 1. The van der Waals surface area contributed by atoms with Gasteiger partial charge in [0.1, 0.15) is 0 Å². The number of carbonyl (C=O) groups is 1. The van der Waals surface area contributed by atoms with E-state index in [1.165, 1.54) is 18.2 Å². The average molecular weight is 215 g/mol. The SMILES string of the molecule is C#CCNC(=O)c1cc(N=[N+]=[N-])ccc1N. The highest BCUT2D eigenvalue weighted by atomic mass is 16.1. The zero-order valence-corrected chi connectivity index (χ0v) is 8.34. The molecule has 0 saturated heterocycles. The molecule has 0 bridgehead atoms. The van der Waals surface area contributed by atoms with Crippen LogP contribution in [0.25, 0.3) is 10.4 Å². The third kappa shape index (κ3) is 2.67. The van der Waals surface area contributed by atoms with E-state index in [2.05, 4.69) is 21.3 Å². The topological polar surface area (TPSA) is 104 Å². The summed E-state index contributed by atoms with van der Waals surface area (Å²) in [5.41, 5.74) is 14.7. The number of carbonyl (C=O) groups excluding carboxylic acids is 1. The molecule has 0 atom stereocenters. The van der Waals surface area contributed by atoms with Crippen molar-refractivity contribution in [1.29, 1.82) is 0 Å². The Morgan fingerprint density at radius 3 is 3.06 bits per heavy atom. The van der Waals surface area contributed by atoms with Crippen LogP contribution in [0.4, 0.5) is 11.4 Å². The standard InChI is InChI=1S/C10H9N5O/c1-2-5-13-10(16)8-6-7(14-15-12)3-4-9(8)11/h1,3-4,6H,5,11H2,(H,13,16). The third-order valence-corrected chi connectivity index (χ3v) is 1.79. The molecule has 0 heterocycles. The molecule has 1 amide bonds. The summed E-state index contributed by atoms with van der Waals surface area (Å²) in [5, 5.41) is 5.84. The van der Waals surface area contributed by atoms with E-state index in [1.807, 2.05) is 0 Å². The fourth-order valence-corrected chi connectivity index (χ4v) is 1.08. The maximum absolute atomic E-state index is 11.6. The van der Waals surface area contributed by atoms with Crippen LogP contribution in [0.3, 0.4) is 0 Å². The number of hydrogen-bond acceptors (Lipinski definition) is 3. The molecule has 3 N–H and O–H groups in total. The maximum Gasteiger partial charge on any atom is 0.254 e. The minimum atomic E-state index is -0.398. The lowest BCUT2D eigenvalue weighted by atomic mass is 10.1. The fraction of sp³-hybridized carbons (Fsp3) is 0.100. The van der Waals surface area contributed by atoms with Gasteiger partial charge in [0.05, 0.1) is 12.1 Å². The quantitative estimate of drug-likeness (QED) is 0.262. The molecular weight excluding hydrogens is 206 g/mol. The van der Waals surface area contributed by atoms with Gasteiger partial charge in [-0.2, -0.15) is 0 Å². The van der Waals surface area contributed by atoms with Crippen LogP contribution in [-0.2, 0) is 0 Å². The Morgan fingerprint density at radius 2 is 2.44 bits per heavy atom. The van der Waals surface area contributed by atoms with Crippen LogP contribution < -0.4 is 11.1 Å². The van der Waals surface area contributed by atoms with Crippen molar-refractivity contribution >= 4 is 17.3 Å². The van der Waals surface area contributed by atoms with Crippen molar-refractivity contribution in [3.05, 3.63) is 34.2 Å². The largest absolute Gasteiger partial charge is 0.398 e. The second-order valence-corrected chi connectivity index (χ2v) is 2.85. The Balaban J connectivity index is 3.02. The van der Waals surface area contributed by atoms with Gasteiger partial charge >= 0.3 is 0 Å². The molecule has 0 radical (unpaired) electrons. The summed E-state index contributed by atoms with van der Waals surface area (Å²) in [7, 11) is 0. The van der Waals surface area contributed by atoms with Gasteiger partial charge in [-0.3, -0.25) is 4.79 Å². The van der Waals surface area contributed by atoms with Gasteiger partial charge in [-0.15, -0.1) is 6.42 Å². The van der Waals surface area contributed by atoms with Gasteiger partial charge in [-0.25, -0.2) is 0 Å². The first-order valence-corrected chi connectivity index (χ1v) is 4.35. The molecular formula is C10H9N5O. The number of nitrogens with zero attached hydrogens (tertiary/aromatic N) is 3. The van der Waals surface area contributed by atoms with Crippen molar-refractivity contribution in [3.63, 3.8) is 0 Å². The molecule has 16 heavy (non-hydrogen) atoms. The molecule has 0 aliphatic rings. The van der Waals surface area contributed by atoms with Crippen LogP contribution >= 0.6 is 0 Å². The van der Waals surface area contributed by atoms with Gasteiger partial charge in [0.25, 0.3) is 5.91 Å². The summed E-state index contributed by atoms with van der Waals surface area (Å²) in [6.45, 7) is 0.115. The molecule has 0 aliphatic carbocycles. The van der Waals surface area contributed by atoms with Gasteiger partial charge in [-0.1, -0.05) is 17.1 Å². The number of rotatable bonds is 3. The minimum Gasteiger partial charge on any atom is -0.398 e. The summed E-state index contributed by atoms with van der Waals surface area (Å²) < 4.78 is 0. The predicted molar refractivity (Wildman–Crippen MR) is 60.8 cm³/mol. The van der Waals surface area contributed by atoms with Crippen LogP contribution in [0.5, 0.6) is 0 Å². The van der Waals surface area contributed by atoms with Crippen molar-refractivity contribution in [2.24, 2.45) is 5.11 Å². The van der Waals surface area contributed by atoms with Crippen LogP contribution in [-0.4, -0.2) is 12.5 Å². The van der Waals surface area contributed by atoms with E-state index in [1.54, 1.807) is 0 Å². The second-order valence-electron chi connectivity index (χ2n) is 2.85. The van der Waals surface area contributed by atoms with Crippen molar-refractivity contribution in [2.75, 3.05) is 12.3 Å². The number of nitrogens with one attached hydrogen (secondary N) is 1. The van der Waals surface area contributed by atoms with Gasteiger partial charge < -0.3 is 11.1 Å². The number of amides is 1. The molecule has 0 aliphatic heterocycles. The van der Waals surface area contributed by atoms with Gasteiger partial charge in [0.15, 0.2) is 0 Å². The third-order valence-electron chi connectivity index (χ3n) is 1.79. The first-order chi connectivity index (χ1) is 7.69. The van der Waals surface area contributed by atoms with E-state index >= 15 is 0 Å². The highest BCUT2D eigenvalue weighted by Crippen LogP contribution is 2.20. The molecule has 1 rings (SSSR count).